The fourth-order valence-corrected chi connectivity index (χ4v) is 2.99. The Bertz CT molecular complexity index is 601. The Morgan fingerprint density at radius 3 is 2.57 bits per heavy atom. The molecule has 2 rings (SSSR count). The number of carbonyl (C=O) groups is 1. The lowest BCUT2D eigenvalue weighted by atomic mass is 9.87. The highest BCUT2D eigenvalue weighted by atomic mass is 16.3. The van der Waals surface area contributed by atoms with Gasteiger partial charge in [0.1, 0.15) is 5.56 Å². The largest absolute Gasteiger partial charge is 0.396 e. The number of nitrogens with one attached hydrogen (secondary N) is 1. The highest BCUT2D eigenvalue weighted by molar-refractivity contribution is 5.95. The molecule has 1 aromatic rings. The molecule has 6 nitrogen and oxygen atoms in total. The van der Waals surface area contributed by atoms with Gasteiger partial charge in [0.15, 0.2) is 0 Å². The third-order valence-corrected chi connectivity index (χ3v) is 4.58. The van der Waals surface area contributed by atoms with Gasteiger partial charge in [-0.3, -0.25) is 9.59 Å². The minimum absolute atomic E-state index is 0.0691. The number of rotatable bonds is 4. The van der Waals surface area contributed by atoms with Crippen LogP contribution in [-0.2, 0) is 7.05 Å². The third kappa shape index (κ3) is 3.00. The van der Waals surface area contributed by atoms with Crippen LogP contribution in [0.15, 0.2) is 4.79 Å². The zero-order chi connectivity index (χ0) is 15.6. The Balaban J connectivity index is 2.20. The van der Waals surface area contributed by atoms with Crippen LogP contribution in [0.3, 0.4) is 0 Å². The molecule has 1 saturated carbocycles. The fourth-order valence-electron chi connectivity index (χ4n) is 2.99. The Kier molecular flexibility index (Phi) is 4.46. The Morgan fingerprint density at radius 2 is 2.00 bits per heavy atom. The SMILES string of the molecule is Cc1nn(C)c(=O)c(C(=O)NCC2(CO)CCCC2)c1C. The number of hydrogen-bond donors (Lipinski definition) is 2. The molecule has 0 atom stereocenters. The molecule has 21 heavy (non-hydrogen) atoms. The van der Waals surface area contributed by atoms with Gasteiger partial charge in [-0.1, -0.05) is 12.8 Å². The molecule has 0 unspecified atom stereocenters. The highest BCUT2D eigenvalue weighted by Crippen LogP contribution is 2.36. The zero-order valence-corrected chi connectivity index (χ0v) is 12.9. The summed E-state index contributed by atoms with van der Waals surface area (Å²) in [7, 11) is 1.54. The molecule has 1 fully saturated rings. The maximum atomic E-state index is 12.4. The molecule has 2 N–H and O–H groups in total. The molecule has 0 bridgehead atoms. The molecule has 6 heteroatoms. The molecule has 1 aliphatic carbocycles. The van der Waals surface area contributed by atoms with Crippen molar-refractivity contribution < 1.29 is 9.90 Å². The maximum absolute atomic E-state index is 12.4. The van der Waals surface area contributed by atoms with E-state index in [9.17, 15) is 14.7 Å². The molecule has 1 aliphatic rings. The molecular formula is C15H23N3O3. The number of aromatic nitrogens is 2. The number of hydrogen-bond acceptors (Lipinski definition) is 4. The van der Waals surface area contributed by atoms with Gasteiger partial charge in [0.2, 0.25) is 0 Å². The monoisotopic (exact) mass is 293 g/mol. The number of aliphatic hydroxyl groups excluding tert-OH is 1. The van der Waals surface area contributed by atoms with Gasteiger partial charge in [0, 0.05) is 19.0 Å². The van der Waals surface area contributed by atoms with Crippen molar-refractivity contribution in [3.8, 4) is 0 Å². The normalized spacial score (nSPS) is 17.0. The first-order valence-corrected chi connectivity index (χ1v) is 7.34. The Morgan fingerprint density at radius 1 is 1.38 bits per heavy atom. The van der Waals surface area contributed by atoms with Crippen molar-refractivity contribution >= 4 is 5.91 Å². The predicted molar refractivity (Wildman–Crippen MR) is 79.3 cm³/mol. The lowest BCUT2D eigenvalue weighted by Gasteiger charge is -2.26. The van der Waals surface area contributed by atoms with Crippen molar-refractivity contribution in [2.75, 3.05) is 13.2 Å². The summed E-state index contributed by atoms with van der Waals surface area (Å²) < 4.78 is 1.19. The number of amides is 1. The summed E-state index contributed by atoms with van der Waals surface area (Å²) in [4.78, 5) is 24.5. The average Bonchev–Trinajstić information content (AvgIpc) is 2.93. The van der Waals surface area contributed by atoms with Crippen molar-refractivity contribution in [3.63, 3.8) is 0 Å². The predicted octanol–water partition coefficient (Wildman–Crippen LogP) is 0.680. The van der Waals surface area contributed by atoms with E-state index in [-0.39, 0.29) is 29.1 Å². The summed E-state index contributed by atoms with van der Waals surface area (Å²) in [5, 5.41) is 16.5. The Labute approximate surface area is 124 Å². The van der Waals surface area contributed by atoms with E-state index >= 15 is 0 Å². The van der Waals surface area contributed by atoms with Crippen LogP contribution < -0.4 is 10.9 Å². The molecule has 1 heterocycles. The van der Waals surface area contributed by atoms with Crippen LogP contribution in [0.2, 0.25) is 0 Å². The van der Waals surface area contributed by atoms with E-state index in [2.05, 4.69) is 10.4 Å². The van der Waals surface area contributed by atoms with Crippen LogP contribution >= 0.6 is 0 Å². The summed E-state index contributed by atoms with van der Waals surface area (Å²) in [6, 6.07) is 0. The topological polar surface area (TPSA) is 84.2 Å². The molecule has 1 aromatic heterocycles. The zero-order valence-electron chi connectivity index (χ0n) is 12.9. The molecule has 116 valence electrons. The van der Waals surface area contributed by atoms with Gasteiger partial charge in [-0.15, -0.1) is 0 Å². The second-order valence-electron chi connectivity index (χ2n) is 6.06. The first-order valence-electron chi connectivity index (χ1n) is 7.34. The number of aryl methyl sites for hydroxylation is 2. The smallest absolute Gasteiger partial charge is 0.279 e. The standard InChI is InChI=1S/C15H23N3O3/c1-10-11(2)17-18(3)14(21)12(10)13(20)16-8-15(9-19)6-4-5-7-15/h19H,4-9H2,1-3H3,(H,16,20). The van der Waals surface area contributed by atoms with Gasteiger partial charge in [0.05, 0.1) is 12.3 Å². The molecule has 0 aliphatic heterocycles. The van der Waals surface area contributed by atoms with E-state index in [1.165, 1.54) is 11.7 Å². The van der Waals surface area contributed by atoms with Crippen LogP contribution in [0.4, 0.5) is 0 Å². The van der Waals surface area contributed by atoms with Gasteiger partial charge >= 0.3 is 0 Å². The summed E-state index contributed by atoms with van der Waals surface area (Å²) >= 11 is 0. The summed E-state index contributed by atoms with van der Waals surface area (Å²) in [5.74, 6) is -0.377. The van der Waals surface area contributed by atoms with E-state index in [1.807, 2.05) is 0 Å². The van der Waals surface area contributed by atoms with Crippen LogP contribution in [-0.4, -0.2) is 33.9 Å². The minimum atomic E-state index is -0.389. The number of aliphatic hydroxyl groups is 1. The van der Waals surface area contributed by atoms with Crippen LogP contribution in [0.1, 0.15) is 47.3 Å². The van der Waals surface area contributed by atoms with E-state index < -0.39 is 0 Å². The second kappa shape index (κ2) is 5.97. The lowest BCUT2D eigenvalue weighted by molar-refractivity contribution is 0.0877. The van der Waals surface area contributed by atoms with Gasteiger partial charge < -0.3 is 10.4 Å². The molecule has 1 amide bonds. The third-order valence-electron chi connectivity index (χ3n) is 4.58. The summed E-state index contributed by atoms with van der Waals surface area (Å²) in [6.07, 6.45) is 3.98. The first-order chi connectivity index (χ1) is 9.90. The quantitative estimate of drug-likeness (QED) is 0.855. The summed E-state index contributed by atoms with van der Waals surface area (Å²) in [6.45, 7) is 3.99. The van der Waals surface area contributed by atoms with Crippen molar-refractivity contribution in [1.82, 2.24) is 15.1 Å². The van der Waals surface area contributed by atoms with Gasteiger partial charge in [0.25, 0.3) is 11.5 Å². The number of carbonyl (C=O) groups excluding carboxylic acids is 1. The average molecular weight is 293 g/mol. The van der Waals surface area contributed by atoms with Crippen LogP contribution in [0, 0.1) is 19.3 Å². The molecule has 0 aromatic carbocycles. The molecule has 0 saturated heterocycles. The maximum Gasteiger partial charge on any atom is 0.279 e. The first kappa shape index (κ1) is 15.7. The van der Waals surface area contributed by atoms with Crippen molar-refractivity contribution in [2.45, 2.75) is 39.5 Å². The Hall–Kier alpha value is -1.69. The molecule has 0 spiro atoms. The van der Waals surface area contributed by atoms with E-state index in [0.29, 0.717) is 17.8 Å². The van der Waals surface area contributed by atoms with E-state index in [1.54, 1.807) is 13.8 Å². The van der Waals surface area contributed by atoms with Crippen LogP contribution in [0.25, 0.3) is 0 Å². The molecule has 0 radical (unpaired) electrons. The fraction of sp³-hybridized carbons (Fsp3) is 0.667. The van der Waals surface area contributed by atoms with Gasteiger partial charge in [-0.25, -0.2) is 4.68 Å². The number of nitrogens with zero attached hydrogens (tertiary/aromatic N) is 2. The second-order valence-corrected chi connectivity index (χ2v) is 6.06. The highest BCUT2D eigenvalue weighted by Gasteiger charge is 2.34. The van der Waals surface area contributed by atoms with Crippen molar-refractivity contribution in [3.05, 3.63) is 27.2 Å². The van der Waals surface area contributed by atoms with Crippen molar-refractivity contribution in [1.29, 1.82) is 0 Å². The summed E-state index contributed by atoms with van der Waals surface area (Å²) in [5.41, 5.74) is 0.813. The van der Waals surface area contributed by atoms with Gasteiger partial charge in [-0.2, -0.15) is 5.10 Å². The lowest BCUT2D eigenvalue weighted by Crippen LogP contribution is -2.41. The van der Waals surface area contributed by atoms with E-state index in [4.69, 9.17) is 0 Å². The van der Waals surface area contributed by atoms with Crippen molar-refractivity contribution in [2.24, 2.45) is 12.5 Å². The van der Waals surface area contributed by atoms with E-state index in [0.717, 1.165) is 25.7 Å². The van der Waals surface area contributed by atoms with Gasteiger partial charge in [-0.05, 0) is 32.3 Å². The molecular weight excluding hydrogens is 270 g/mol. The minimum Gasteiger partial charge on any atom is -0.396 e. The van der Waals surface area contributed by atoms with Crippen LogP contribution in [0.5, 0.6) is 0 Å².